The van der Waals surface area contributed by atoms with Gasteiger partial charge in [-0.05, 0) is 55.8 Å². The Bertz CT molecular complexity index is 1230. The first-order valence-corrected chi connectivity index (χ1v) is 12.0. The molecule has 9 heteroatoms. The smallest absolute Gasteiger partial charge is 0.264 e. The first-order valence-electron chi connectivity index (χ1n) is 10.2. The van der Waals surface area contributed by atoms with Crippen molar-refractivity contribution in [2.75, 3.05) is 17.5 Å². The number of carbonyl (C=O) groups is 1. The molecule has 3 aromatic rings. The first-order chi connectivity index (χ1) is 15.8. The van der Waals surface area contributed by atoms with Gasteiger partial charge in [-0.15, -0.1) is 0 Å². The summed E-state index contributed by atoms with van der Waals surface area (Å²) in [6, 6.07) is 21.7. The molecule has 0 atom stereocenters. The highest BCUT2D eigenvalue weighted by Crippen LogP contribution is 2.32. The van der Waals surface area contributed by atoms with Crippen molar-refractivity contribution in [3.63, 3.8) is 0 Å². The molecule has 172 valence electrons. The highest BCUT2D eigenvalue weighted by molar-refractivity contribution is 7.92. The standard InChI is InChI=1S/C24H24ClN3O4S/c1-3-32-23-12-8-7-11-22(23)28(33(30,31)21-15-13-20(25)14-16-21)17-24(29)27-26-18(2)19-9-5-4-6-10-19/h4-16H,3,17H2,1-2H3,(H,27,29)/b26-18-. The van der Waals surface area contributed by atoms with Crippen LogP contribution in [-0.2, 0) is 14.8 Å². The molecule has 1 amide bonds. The van der Waals surface area contributed by atoms with E-state index < -0.39 is 22.5 Å². The lowest BCUT2D eigenvalue weighted by Gasteiger charge is -2.25. The average molecular weight is 486 g/mol. The predicted molar refractivity (Wildman–Crippen MR) is 130 cm³/mol. The van der Waals surface area contributed by atoms with E-state index in [9.17, 15) is 13.2 Å². The van der Waals surface area contributed by atoms with Crippen molar-refractivity contribution in [1.82, 2.24) is 5.43 Å². The Morgan fingerprint density at radius 2 is 1.64 bits per heavy atom. The second kappa shape index (κ2) is 11.0. The molecule has 0 saturated carbocycles. The number of nitrogens with zero attached hydrogens (tertiary/aromatic N) is 2. The van der Waals surface area contributed by atoms with Gasteiger partial charge in [0.05, 0.1) is 22.9 Å². The third kappa shape index (κ3) is 6.12. The number of para-hydroxylation sites is 2. The number of hydrazone groups is 1. The molecular formula is C24H24ClN3O4S. The molecule has 0 fully saturated rings. The van der Waals surface area contributed by atoms with Gasteiger partial charge in [-0.2, -0.15) is 5.10 Å². The fourth-order valence-corrected chi connectivity index (χ4v) is 4.59. The number of benzene rings is 3. The minimum Gasteiger partial charge on any atom is -0.492 e. The van der Waals surface area contributed by atoms with Gasteiger partial charge in [0, 0.05) is 5.02 Å². The Balaban J connectivity index is 1.94. The van der Waals surface area contributed by atoms with E-state index in [2.05, 4.69) is 10.5 Å². The fourth-order valence-electron chi connectivity index (χ4n) is 3.03. The van der Waals surface area contributed by atoms with Crippen molar-refractivity contribution in [3.8, 4) is 5.75 Å². The Morgan fingerprint density at radius 1 is 1.00 bits per heavy atom. The summed E-state index contributed by atoms with van der Waals surface area (Å²) < 4.78 is 33.6. The third-order valence-corrected chi connectivity index (χ3v) is 6.69. The number of amides is 1. The normalized spacial score (nSPS) is 11.7. The molecule has 1 N–H and O–H groups in total. The molecule has 0 aliphatic rings. The van der Waals surface area contributed by atoms with Crippen molar-refractivity contribution in [3.05, 3.63) is 89.4 Å². The van der Waals surface area contributed by atoms with Crippen LogP contribution in [0.4, 0.5) is 5.69 Å². The molecule has 0 aliphatic carbocycles. The van der Waals surface area contributed by atoms with Crippen molar-refractivity contribution in [2.24, 2.45) is 5.10 Å². The SMILES string of the molecule is CCOc1ccccc1N(CC(=O)N/N=C(/C)c1ccccc1)S(=O)(=O)c1ccc(Cl)cc1. The fraction of sp³-hybridized carbons (Fsp3) is 0.167. The van der Waals surface area contributed by atoms with Crippen LogP contribution in [0, 0.1) is 0 Å². The van der Waals surface area contributed by atoms with Crippen LogP contribution in [-0.4, -0.2) is 33.2 Å². The molecule has 0 unspecified atom stereocenters. The zero-order valence-electron chi connectivity index (χ0n) is 18.2. The number of anilines is 1. The largest absolute Gasteiger partial charge is 0.492 e. The molecule has 0 spiro atoms. The lowest BCUT2D eigenvalue weighted by molar-refractivity contribution is -0.119. The van der Waals surface area contributed by atoms with Crippen molar-refractivity contribution >= 4 is 38.9 Å². The van der Waals surface area contributed by atoms with Crippen LogP contribution >= 0.6 is 11.6 Å². The van der Waals surface area contributed by atoms with E-state index in [1.807, 2.05) is 30.3 Å². The molecule has 0 saturated heterocycles. The van der Waals surface area contributed by atoms with Crippen LogP contribution in [0.2, 0.25) is 5.02 Å². The maximum Gasteiger partial charge on any atom is 0.264 e. The summed E-state index contributed by atoms with van der Waals surface area (Å²) in [4.78, 5) is 12.8. The molecule has 0 bridgehead atoms. The molecule has 0 aromatic heterocycles. The number of carbonyl (C=O) groups excluding carboxylic acids is 1. The Hall–Kier alpha value is -3.36. The molecule has 33 heavy (non-hydrogen) atoms. The van der Waals surface area contributed by atoms with E-state index in [-0.39, 0.29) is 10.6 Å². The second-order valence-corrected chi connectivity index (χ2v) is 9.26. The molecule has 0 aliphatic heterocycles. The third-order valence-electron chi connectivity index (χ3n) is 4.66. The number of halogens is 1. The van der Waals surface area contributed by atoms with Crippen LogP contribution in [0.3, 0.4) is 0 Å². The van der Waals surface area contributed by atoms with Gasteiger partial charge in [0.25, 0.3) is 15.9 Å². The molecule has 0 radical (unpaired) electrons. The Kier molecular flexibility index (Phi) is 8.08. The Morgan fingerprint density at radius 3 is 2.30 bits per heavy atom. The number of ether oxygens (including phenoxy) is 1. The van der Waals surface area contributed by atoms with Gasteiger partial charge < -0.3 is 4.74 Å². The van der Waals surface area contributed by atoms with E-state index in [0.29, 0.717) is 23.1 Å². The predicted octanol–water partition coefficient (Wildman–Crippen LogP) is 4.47. The first kappa shape index (κ1) is 24.3. The van der Waals surface area contributed by atoms with E-state index in [1.54, 1.807) is 38.1 Å². The summed E-state index contributed by atoms with van der Waals surface area (Å²) in [5.41, 5.74) is 4.12. The van der Waals surface area contributed by atoms with E-state index in [4.69, 9.17) is 16.3 Å². The zero-order valence-corrected chi connectivity index (χ0v) is 19.8. The van der Waals surface area contributed by atoms with Gasteiger partial charge in [-0.25, -0.2) is 13.8 Å². The average Bonchev–Trinajstić information content (AvgIpc) is 2.82. The van der Waals surface area contributed by atoms with Gasteiger partial charge in [0.2, 0.25) is 0 Å². The summed E-state index contributed by atoms with van der Waals surface area (Å²) in [5, 5.41) is 4.51. The lowest BCUT2D eigenvalue weighted by atomic mass is 10.1. The molecule has 0 heterocycles. The van der Waals surface area contributed by atoms with Crippen LogP contribution in [0.1, 0.15) is 19.4 Å². The minimum absolute atomic E-state index is 0.00466. The maximum absolute atomic E-state index is 13.5. The summed E-state index contributed by atoms with van der Waals surface area (Å²) in [6.45, 7) is 3.38. The molecule has 3 aromatic carbocycles. The van der Waals surface area contributed by atoms with Crippen LogP contribution < -0.4 is 14.5 Å². The number of hydrogen-bond donors (Lipinski definition) is 1. The monoisotopic (exact) mass is 485 g/mol. The van der Waals surface area contributed by atoms with E-state index in [1.165, 1.54) is 24.3 Å². The van der Waals surface area contributed by atoms with Crippen molar-refractivity contribution < 1.29 is 17.9 Å². The van der Waals surface area contributed by atoms with Gasteiger partial charge in [0.15, 0.2) is 0 Å². The van der Waals surface area contributed by atoms with E-state index in [0.717, 1.165) is 9.87 Å². The molecule has 3 rings (SSSR count). The quantitative estimate of drug-likeness (QED) is 0.357. The van der Waals surface area contributed by atoms with Gasteiger partial charge in [-0.1, -0.05) is 54.1 Å². The van der Waals surface area contributed by atoms with Gasteiger partial charge >= 0.3 is 0 Å². The molecular weight excluding hydrogens is 462 g/mol. The van der Waals surface area contributed by atoms with Gasteiger partial charge in [0.1, 0.15) is 12.3 Å². The van der Waals surface area contributed by atoms with Crippen molar-refractivity contribution in [1.29, 1.82) is 0 Å². The number of nitrogens with one attached hydrogen (secondary N) is 1. The number of rotatable bonds is 9. The summed E-state index contributed by atoms with van der Waals surface area (Å²) in [5.74, 6) is -0.261. The summed E-state index contributed by atoms with van der Waals surface area (Å²) in [7, 11) is -4.11. The zero-order chi connectivity index (χ0) is 23.8. The number of sulfonamides is 1. The van der Waals surface area contributed by atoms with Crippen LogP contribution in [0.15, 0.2) is 88.9 Å². The van der Waals surface area contributed by atoms with E-state index >= 15 is 0 Å². The lowest BCUT2D eigenvalue weighted by Crippen LogP contribution is -2.40. The number of hydrogen-bond acceptors (Lipinski definition) is 5. The van der Waals surface area contributed by atoms with Crippen LogP contribution in [0.5, 0.6) is 5.75 Å². The topological polar surface area (TPSA) is 88.1 Å². The minimum atomic E-state index is -4.11. The van der Waals surface area contributed by atoms with Crippen LogP contribution in [0.25, 0.3) is 0 Å². The summed E-state index contributed by atoms with van der Waals surface area (Å²) in [6.07, 6.45) is 0. The van der Waals surface area contributed by atoms with Gasteiger partial charge in [-0.3, -0.25) is 9.10 Å². The van der Waals surface area contributed by atoms with Crippen molar-refractivity contribution in [2.45, 2.75) is 18.7 Å². The molecule has 7 nitrogen and oxygen atoms in total. The highest BCUT2D eigenvalue weighted by Gasteiger charge is 2.29. The maximum atomic E-state index is 13.5. The summed E-state index contributed by atoms with van der Waals surface area (Å²) >= 11 is 5.92. The highest BCUT2D eigenvalue weighted by atomic mass is 35.5. The second-order valence-electron chi connectivity index (χ2n) is 6.96. The Labute approximate surface area is 198 Å².